The molecule has 0 unspecified atom stereocenters. The summed E-state index contributed by atoms with van der Waals surface area (Å²) in [6.45, 7) is 2.91. The van der Waals surface area contributed by atoms with E-state index in [0.717, 1.165) is 34.6 Å². The van der Waals surface area contributed by atoms with Crippen LogP contribution in [-0.4, -0.2) is 32.7 Å². The van der Waals surface area contributed by atoms with Crippen molar-refractivity contribution < 1.29 is 4.79 Å². The Hall–Kier alpha value is -3.02. The lowest BCUT2D eigenvalue weighted by molar-refractivity contribution is -0.119. The van der Waals surface area contributed by atoms with E-state index >= 15 is 0 Å². The normalized spacial score (nSPS) is 10.6. The number of benzene rings is 1. The number of likely N-dealkylation sites (N-methyl/N-ethyl adjacent to an activating group) is 1. The van der Waals surface area contributed by atoms with Gasteiger partial charge in [-0.15, -0.1) is 0 Å². The summed E-state index contributed by atoms with van der Waals surface area (Å²) in [5.41, 5.74) is 4.08. The standard InChI is InChI=1S/C19H21N5O/c1-3-24-13-15(10-23-24)8-18-21-11-17(12-22-18)16-6-4-14(5-7-16)9-19(25)20-2/h4-7,10-13H,3,8-9H2,1-2H3,(H,20,25). The molecule has 25 heavy (non-hydrogen) atoms. The van der Waals surface area contributed by atoms with Crippen molar-refractivity contribution >= 4 is 5.91 Å². The maximum atomic E-state index is 11.4. The summed E-state index contributed by atoms with van der Waals surface area (Å²) in [6.07, 6.45) is 8.60. The van der Waals surface area contributed by atoms with Crippen molar-refractivity contribution in [1.29, 1.82) is 0 Å². The Balaban J connectivity index is 1.68. The molecule has 0 atom stereocenters. The van der Waals surface area contributed by atoms with Gasteiger partial charge in [0.1, 0.15) is 5.82 Å². The molecule has 0 saturated carbocycles. The van der Waals surface area contributed by atoms with E-state index in [0.29, 0.717) is 12.8 Å². The molecule has 0 fully saturated rings. The van der Waals surface area contributed by atoms with Crippen LogP contribution in [0.3, 0.4) is 0 Å². The van der Waals surface area contributed by atoms with Crippen LogP contribution < -0.4 is 5.32 Å². The SMILES string of the molecule is CCn1cc(Cc2ncc(-c3ccc(CC(=O)NC)cc3)cn2)cn1. The minimum absolute atomic E-state index is 0.00633. The molecule has 1 aromatic carbocycles. The molecular formula is C19H21N5O. The smallest absolute Gasteiger partial charge is 0.224 e. The summed E-state index contributed by atoms with van der Waals surface area (Å²) in [4.78, 5) is 20.3. The topological polar surface area (TPSA) is 72.7 Å². The predicted molar refractivity (Wildman–Crippen MR) is 95.9 cm³/mol. The zero-order valence-electron chi connectivity index (χ0n) is 14.4. The first-order valence-electron chi connectivity index (χ1n) is 8.30. The first kappa shape index (κ1) is 16.8. The summed E-state index contributed by atoms with van der Waals surface area (Å²) in [5.74, 6) is 0.780. The van der Waals surface area contributed by atoms with Crippen LogP contribution in [0.2, 0.25) is 0 Å². The lowest BCUT2D eigenvalue weighted by Crippen LogP contribution is -2.19. The first-order valence-corrected chi connectivity index (χ1v) is 8.30. The van der Waals surface area contributed by atoms with E-state index in [9.17, 15) is 4.79 Å². The first-order chi connectivity index (χ1) is 12.2. The van der Waals surface area contributed by atoms with E-state index < -0.39 is 0 Å². The average molecular weight is 335 g/mol. The Morgan fingerprint density at radius 1 is 1.04 bits per heavy atom. The van der Waals surface area contributed by atoms with E-state index in [2.05, 4.69) is 27.3 Å². The molecule has 0 bridgehead atoms. The van der Waals surface area contributed by atoms with Gasteiger partial charge in [-0.3, -0.25) is 9.48 Å². The highest BCUT2D eigenvalue weighted by atomic mass is 16.1. The lowest BCUT2D eigenvalue weighted by atomic mass is 10.0. The van der Waals surface area contributed by atoms with Crippen molar-refractivity contribution in [2.24, 2.45) is 0 Å². The summed E-state index contributed by atoms with van der Waals surface area (Å²) in [5, 5.41) is 6.89. The zero-order valence-corrected chi connectivity index (χ0v) is 14.4. The molecular weight excluding hydrogens is 314 g/mol. The molecule has 2 aromatic heterocycles. The Morgan fingerprint density at radius 3 is 2.36 bits per heavy atom. The number of rotatable bonds is 6. The van der Waals surface area contributed by atoms with E-state index in [1.807, 2.05) is 53.7 Å². The third-order valence-corrected chi connectivity index (χ3v) is 4.01. The molecule has 1 N–H and O–H groups in total. The number of aromatic nitrogens is 4. The highest BCUT2D eigenvalue weighted by Gasteiger charge is 2.05. The summed E-state index contributed by atoms with van der Waals surface area (Å²) >= 11 is 0. The largest absolute Gasteiger partial charge is 0.359 e. The molecule has 6 heteroatoms. The van der Waals surface area contributed by atoms with Crippen LogP contribution in [0.1, 0.15) is 23.9 Å². The van der Waals surface area contributed by atoms with Crippen LogP contribution in [0.4, 0.5) is 0 Å². The second-order valence-electron chi connectivity index (χ2n) is 5.82. The molecule has 3 aromatic rings. The highest BCUT2D eigenvalue weighted by molar-refractivity contribution is 5.78. The highest BCUT2D eigenvalue weighted by Crippen LogP contribution is 2.19. The number of nitrogens with zero attached hydrogens (tertiary/aromatic N) is 4. The number of amides is 1. The van der Waals surface area contributed by atoms with Gasteiger partial charge in [0, 0.05) is 44.2 Å². The van der Waals surface area contributed by atoms with Gasteiger partial charge in [0.25, 0.3) is 0 Å². The van der Waals surface area contributed by atoms with Crippen molar-refractivity contribution in [2.45, 2.75) is 26.3 Å². The number of aryl methyl sites for hydroxylation is 1. The van der Waals surface area contributed by atoms with E-state index in [1.54, 1.807) is 7.05 Å². The molecule has 3 rings (SSSR count). The molecule has 0 aliphatic carbocycles. The quantitative estimate of drug-likeness (QED) is 0.750. The number of carbonyl (C=O) groups excluding carboxylic acids is 1. The van der Waals surface area contributed by atoms with Crippen molar-refractivity contribution in [3.63, 3.8) is 0 Å². The third-order valence-electron chi connectivity index (χ3n) is 4.01. The number of nitrogens with one attached hydrogen (secondary N) is 1. The summed E-state index contributed by atoms with van der Waals surface area (Å²) in [7, 11) is 1.64. The number of hydrogen-bond donors (Lipinski definition) is 1. The van der Waals surface area contributed by atoms with Gasteiger partial charge >= 0.3 is 0 Å². The minimum Gasteiger partial charge on any atom is -0.359 e. The van der Waals surface area contributed by atoms with Crippen LogP contribution >= 0.6 is 0 Å². The molecule has 1 amide bonds. The van der Waals surface area contributed by atoms with Gasteiger partial charge < -0.3 is 5.32 Å². The predicted octanol–water partition coefficient (Wildman–Crippen LogP) is 2.24. The van der Waals surface area contributed by atoms with E-state index in [-0.39, 0.29) is 5.91 Å². The van der Waals surface area contributed by atoms with Crippen LogP contribution in [0.5, 0.6) is 0 Å². The molecule has 6 nitrogen and oxygen atoms in total. The molecule has 0 aliphatic heterocycles. The van der Waals surface area contributed by atoms with Gasteiger partial charge in [0.05, 0.1) is 12.6 Å². The lowest BCUT2D eigenvalue weighted by Gasteiger charge is -2.05. The van der Waals surface area contributed by atoms with E-state index in [4.69, 9.17) is 0 Å². The van der Waals surface area contributed by atoms with Gasteiger partial charge in [-0.1, -0.05) is 24.3 Å². The fourth-order valence-corrected chi connectivity index (χ4v) is 2.54. The van der Waals surface area contributed by atoms with Gasteiger partial charge in [0.15, 0.2) is 0 Å². The monoisotopic (exact) mass is 335 g/mol. The van der Waals surface area contributed by atoms with Crippen LogP contribution in [0, 0.1) is 0 Å². The molecule has 0 aliphatic rings. The van der Waals surface area contributed by atoms with E-state index in [1.165, 1.54) is 0 Å². The Kier molecular flexibility index (Phi) is 5.18. The Bertz CT molecular complexity index is 837. The number of carbonyl (C=O) groups is 1. The van der Waals surface area contributed by atoms with Gasteiger partial charge in [-0.2, -0.15) is 5.10 Å². The maximum absolute atomic E-state index is 11.4. The van der Waals surface area contributed by atoms with Crippen molar-refractivity contribution in [3.8, 4) is 11.1 Å². The van der Waals surface area contributed by atoms with Gasteiger partial charge in [-0.05, 0) is 23.6 Å². The second-order valence-corrected chi connectivity index (χ2v) is 5.82. The third kappa shape index (κ3) is 4.29. The number of hydrogen-bond acceptors (Lipinski definition) is 4. The van der Waals surface area contributed by atoms with Crippen molar-refractivity contribution in [2.75, 3.05) is 7.05 Å². The zero-order chi connectivity index (χ0) is 17.6. The van der Waals surface area contributed by atoms with Gasteiger partial charge in [0.2, 0.25) is 5.91 Å². The fraction of sp³-hybridized carbons (Fsp3) is 0.263. The maximum Gasteiger partial charge on any atom is 0.224 e. The summed E-state index contributed by atoms with van der Waals surface area (Å²) in [6, 6.07) is 7.89. The Morgan fingerprint density at radius 2 is 1.76 bits per heavy atom. The molecule has 128 valence electrons. The molecule has 0 saturated heterocycles. The molecule has 0 spiro atoms. The Labute approximate surface area is 146 Å². The van der Waals surface area contributed by atoms with Gasteiger partial charge in [-0.25, -0.2) is 9.97 Å². The van der Waals surface area contributed by atoms with Crippen LogP contribution in [-0.2, 0) is 24.2 Å². The summed E-state index contributed by atoms with van der Waals surface area (Å²) < 4.78 is 1.89. The van der Waals surface area contributed by atoms with Crippen molar-refractivity contribution in [3.05, 3.63) is 66.0 Å². The van der Waals surface area contributed by atoms with Crippen LogP contribution in [0.25, 0.3) is 11.1 Å². The van der Waals surface area contributed by atoms with Crippen molar-refractivity contribution in [1.82, 2.24) is 25.1 Å². The average Bonchev–Trinajstić information content (AvgIpc) is 3.10. The molecule has 0 radical (unpaired) electrons. The molecule has 2 heterocycles. The minimum atomic E-state index is 0.00633. The second kappa shape index (κ2) is 7.70. The van der Waals surface area contributed by atoms with Crippen LogP contribution in [0.15, 0.2) is 49.1 Å². The fourth-order valence-electron chi connectivity index (χ4n) is 2.54.